The van der Waals surface area contributed by atoms with Gasteiger partial charge in [0, 0.05) is 24.0 Å². The zero-order chi connectivity index (χ0) is 13.1. The molecule has 0 spiro atoms. The number of rotatable bonds is 3. The van der Waals surface area contributed by atoms with Crippen LogP contribution in [0.2, 0.25) is 0 Å². The van der Waals surface area contributed by atoms with Gasteiger partial charge in [-0.3, -0.25) is 4.90 Å². The largest absolute Gasteiger partial charge is 0.301 e. The zero-order valence-corrected chi connectivity index (χ0v) is 13.9. The number of halogens is 1. The van der Waals surface area contributed by atoms with Crippen LogP contribution in [-0.2, 0) is 6.42 Å². The third kappa shape index (κ3) is 3.81. The summed E-state index contributed by atoms with van der Waals surface area (Å²) in [7, 11) is 0. The molecule has 0 saturated carbocycles. The number of fused-ring (bicyclic) bond motifs is 1. The Labute approximate surface area is 128 Å². The fourth-order valence-electron chi connectivity index (χ4n) is 3.41. The van der Waals surface area contributed by atoms with E-state index in [0.29, 0.717) is 0 Å². The molecule has 1 unspecified atom stereocenters. The number of thiophene rings is 1. The Hall–Kier alpha value is 0.1000. The maximum absolute atomic E-state index is 3.55. The molecule has 0 aromatic carbocycles. The van der Waals surface area contributed by atoms with Crippen LogP contribution in [0.1, 0.15) is 30.6 Å². The van der Waals surface area contributed by atoms with E-state index in [2.05, 4.69) is 37.9 Å². The Morgan fingerprint density at radius 2 is 2.05 bits per heavy atom. The Morgan fingerprint density at radius 3 is 2.89 bits per heavy atom. The molecule has 2 fully saturated rings. The van der Waals surface area contributed by atoms with Gasteiger partial charge in [0.2, 0.25) is 0 Å². The van der Waals surface area contributed by atoms with E-state index in [1.54, 1.807) is 0 Å². The van der Waals surface area contributed by atoms with Crippen molar-refractivity contribution < 1.29 is 0 Å². The van der Waals surface area contributed by atoms with Crippen LogP contribution in [0, 0.1) is 0 Å². The first-order valence-electron chi connectivity index (χ1n) is 7.52. The molecule has 2 aliphatic rings. The normalized spacial score (nSPS) is 26.1. The molecular formula is C15H23BrN2S. The van der Waals surface area contributed by atoms with Crippen molar-refractivity contribution in [2.24, 2.45) is 0 Å². The minimum absolute atomic E-state index is 0.839. The average Bonchev–Trinajstić information content (AvgIpc) is 2.72. The molecule has 0 aliphatic carbocycles. The third-order valence-electron chi connectivity index (χ3n) is 4.44. The molecular weight excluding hydrogens is 320 g/mol. The van der Waals surface area contributed by atoms with Gasteiger partial charge in [0.25, 0.3) is 0 Å². The summed E-state index contributed by atoms with van der Waals surface area (Å²) < 4.78 is 1.26. The summed E-state index contributed by atoms with van der Waals surface area (Å²) >= 11 is 5.44. The fraction of sp³-hybridized carbons (Fsp3) is 0.733. The van der Waals surface area contributed by atoms with E-state index in [4.69, 9.17) is 0 Å². The molecule has 1 aromatic rings. The van der Waals surface area contributed by atoms with Crippen molar-refractivity contribution in [2.45, 2.75) is 38.1 Å². The van der Waals surface area contributed by atoms with Gasteiger partial charge in [-0.1, -0.05) is 6.42 Å². The standard InChI is InChI=1S/C15H23BrN2S/c16-15-6-5-14(19-15)7-11-17-8-3-10-18-9-2-1-4-13(18)12-17/h5-6,13H,1-4,7-12H2. The van der Waals surface area contributed by atoms with Crippen molar-refractivity contribution in [1.29, 1.82) is 0 Å². The van der Waals surface area contributed by atoms with Gasteiger partial charge in [-0.2, -0.15) is 0 Å². The van der Waals surface area contributed by atoms with E-state index in [1.807, 2.05) is 11.3 Å². The minimum Gasteiger partial charge on any atom is -0.301 e. The average molecular weight is 343 g/mol. The molecule has 2 nitrogen and oxygen atoms in total. The number of hydrogen-bond donors (Lipinski definition) is 0. The van der Waals surface area contributed by atoms with Crippen molar-refractivity contribution in [3.05, 3.63) is 20.8 Å². The van der Waals surface area contributed by atoms with E-state index in [0.717, 1.165) is 6.04 Å². The smallest absolute Gasteiger partial charge is 0.0701 e. The predicted molar refractivity (Wildman–Crippen MR) is 86.0 cm³/mol. The van der Waals surface area contributed by atoms with E-state index < -0.39 is 0 Å². The summed E-state index contributed by atoms with van der Waals surface area (Å²) in [6.07, 6.45) is 6.83. The molecule has 0 N–H and O–H groups in total. The van der Waals surface area contributed by atoms with Crippen LogP contribution in [0.5, 0.6) is 0 Å². The first-order chi connectivity index (χ1) is 9.31. The molecule has 1 aromatic heterocycles. The summed E-state index contributed by atoms with van der Waals surface area (Å²) in [6, 6.07) is 5.27. The van der Waals surface area contributed by atoms with Crippen molar-refractivity contribution in [2.75, 3.05) is 32.7 Å². The van der Waals surface area contributed by atoms with Gasteiger partial charge in [-0.05, 0) is 73.4 Å². The number of nitrogens with zero attached hydrogens (tertiary/aromatic N) is 2. The van der Waals surface area contributed by atoms with E-state index in [9.17, 15) is 0 Å². The third-order valence-corrected chi connectivity index (χ3v) is 6.12. The molecule has 0 radical (unpaired) electrons. The lowest BCUT2D eigenvalue weighted by atomic mass is 10.0. The van der Waals surface area contributed by atoms with Gasteiger partial charge in [-0.25, -0.2) is 0 Å². The van der Waals surface area contributed by atoms with Gasteiger partial charge in [-0.15, -0.1) is 11.3 Å². The molecule has 106 valence electrons. The monoisotopic (exact) mass is 342 g/mol. The molecule has 1 atom stereocenters. The lowest BCUT2D eigenvalue weighted by molar-refractivity contribution is 0.137. The number of piperidine rings is 1. The minimum atomic E-state index is 0.839. The first kappa shape index (κ1) is 14.1. The van der Waals surface area contributed by atoms with Gasteiger partial charge in [0.15, 0.2) is 0 Å². The van der Waals surface area contributed by atoms with E-state index >= 15 is 0 Å². The summed E-state index contributed by atoms with van der Waals surface area (Å²) in [4.78, 5) is 6.95. The van der Waals surface area contributed by atoms with Crippen LogP contribution < -0.4 is 0 Å². The summed E-state index contributed by atoms with van der Waals surface area (Å²) in [5, 5.41) is 0. The Morgan fingerprint density at radius 1 is 1.16 bits per heavy atom. The van der Waals surface area contributed by atoms with E-state index in [1.165, 1.54) is 73.5 Å². The summed E-state index contributed by atoms with van der Waals surface area (Å²) in [5.74, 6) is 0. The van der Waals surface area contributed by atoms with Crippen LogP contribution >= 0.6 is 27.3 Å². The SMILES string of the molecule is Brc1ccc(CCN2CCCN3CCCCC3C2)s1. The predicted octanol–water partition coefficient (Wildman–Crippen LogP) is 3.61. The van der Waals surface area contributed by atoms with Crippen molar-refractivity contribution in [3.8, 4) is 0 Å². The van der Waals surface area contributed by atoms with Crippen molar-refractivity contribution in [3.63, 3.8) is 0 Å². The zero-order valence-electron chi connectivity index (χ0n) is 11.5. The van der Waals surface area contributed by atoms with Crippen molar-refractivity contribution in [1.82, 2.24) is 9.80 Å². The fourth-order valence-corrected chi connectivity index (χ4v) is 4.88. The molecule has 2 aliphatic heterocycles. The van der Waals surface area contributed by atoms with Crippen LogP contribution in [-0.4, -0.2) is 48.6 Å². The molecule has 3 heterocycles. The molecule has 19 heavy (non-hydrogen) atoms. The summed E-state index contributed by atoms with van der Waals surface area (Å²) in [5.41, 5.74) is 0. The number of hydrogen-bond acceptors (Lipinski definition) is 3. The van der Waals surface area contributed by atoms with Crippen molar-refractivity contribution >= 4 is 27.3 Å². The van der Waals surface area contributed by atoms with Gasteiger partial charge >= 0.3 is 0 Å². The second-order valence-corrected chi connectivity index (χ2v) is 8.34. The molecule has 3 rings (SSSR count). The van der Waals surface area contributed by atoms with Gasteiger partial charge in [0.1, 0.15) is 0 Å². The van der Waals surface area contributed by atoms with Crippen LogP contribution in [0.15, 0.2) is 15.9 Å². The lowest BCUT2D eigenvalue weighted by Crippen LogP contribution is -2.44. The molecule has 4 heteroatoms. The van der Waals surface area contributed by atoms with Crippen LogP contribution in [0.3, 0.4) is 0 Å². The van der Waals surface area contributed by atoms with Crippen LogP contribution in [0.4, 0.5) is 0 Å². The highest BCUT2D eigenvalue weighted by atomic mass is 79.9. The maximum atomic E-state index is 3.55. The Bertz CT molecular complexity index is 407. The Balaban J connectivity index is 1.53. The molecule has 0 bridgehead atoms. The highest BCUT2D eigenvalue weighted by Crippen LogP contribution is 2.24. The van der Waals surface area contributed by atoms with Gasteiger partial charge in [0.05, 0.1) is 3.79 Å². The molecule has 2 saturated heterocycles. The second kappa shape index (κ2) is 6.70. The Kier molecular flexibility index (Phi) is 4.96. The highest BCUT2D eigenvalue weighted by Gasteiger charge is 2.26. The van der Waals surface area contributed by atoms with Crippen LogP contribution in [0.25, 0.3) is 0 Å². The second-order valence-electron chi connectivity index (χ2n) is 5.80. The summed E-state index contributed by atoms with van der Waals surface area (Å²) in [6.45, 7) is 6.49. The molecule has 0 amide bonds. The van der Waals surface area contributed by atoms with Gasteiger partial charge < -0.3 is 4.90 Å². The first-order valence-corrected chi connectivity index (χ1v) is 9.13. The lowest BCUT2D eigenvalue weighted by Gasteiger charge is -2.35. The highest BCUT2D eigenvalue weighted by molar-refractivity contribution is 9.11. The quantitative estimate of drug-likeness (QED) is 0.827. The topological polar surface area (TPSA) is 6.48 Å². The maximum Gasteiger partial charge on any atom is 0.0701 e. The van der Waals surface area contributed by atoms with E-state index in [-0.39, 0.29) is 0 Å².